The summed E-state index contributed by atoms with van der Waals surface area (Å²) in [6.07, 6.45) is 0.430. The van der Waals surface area contributed by atoms with Gasteiger partial charge in [0, 0.05) is 6.54 Å². The molecule has 0 amide bonds. The SMILES string of the molecule is CCC(NCc1ccc(F)c(F)c1)C(=O)O. The third-order valence-corrected chi connectivity index (χ3v) is 2.24. The van der Waals surface area contributed by atoms with Crippen molar-refractivity contribution in [3.63, 3.8) is 0 Å². The van der Waals surface area contributed by atoms with Crippen LogP contribution < -0.4 is 5.32 Å². The number of halogens is 2. The van der Waals surface area contributed by atoms with Gasteiger partial charge in [-0.05, 0) is 24.1 Å². The molecule has 0 fully saturated rings. The van der Waals surface area contributed by atoms with Gasteiger partial charge in [-0.2, -0.15) is 0 Å². The van der Waals surface area contributed by atoms with E-state index in [0.717, 1.165) is 12.1 Å². The van der Waals surface area contributed by atoms with E-state index in [0.29, 0.717) is 12.0 Å². The Kier molecular flexibility index (Phi) is 4.37. The predicted molar refractivity (Wildman–Crippen MR) is 54.9 cm³/mol. The van der Waals surface area contributed by atoms with Crippen molar-refractivity contribution in [2.75, 3.05) is 0 Å². The van der Waals surface area contributed by atoms with Crippen LogP contribution in [0.5, 0.6) is 0 Å². The Bertz CT molecular complexity index is 382. The summed E-state index contributed by atoms with van der Waals surface area (Å²) < 4.78 is 25.4. The molecule has 0 aliphatic carbocycles. The molecule has 2 N–H and O–H groups in total. The number of hydrogen-bond acceptors (Lipinski definition) is 2. The maximum Gasteiger partial charge on any atom is 0.320 e. The van der Waals surface area contributed by atoms with Crippen LogP contribution in [0.15, 0.2) is 18.2 Å². The Morgan fingerprint density at radius 2 is 2.12 bits per heavy atom. The van der Waals surface area contributed by atoms with Gasteiger partial charge in [0.2, 0.25) is 0 Å². The van der Waals surface area contributed by atoms with Crippen LogP contribution in [0.2, 0.25) is 0 Å². The molecule has 16 heavy (non-hydrogen) atoms. The molecule has 0 spiro atoms. The molecule has 1 unspecified atom stereocenters. The lowest BCUT2D eigenvalue weighted by molar-refractivity contribution is -0.139. The largest absolute Gasteiger partial charge is 0.480 e. The lowest BCUT2D eigenvalue weighted by atomic mass is 10.2. The maximum atomic E-state index is 12.8. The first-order chi connectivity index (χ1) is 7.54. The van der Waals surface area contributed by atoms with E-state index in [1.165, 1.54) is 6.07 Å². The second kappa shape index (κ2) is 5.55. The number of carboxylic acids is 1. The number of nitrogens with one attached hydrogen (secondary N) is 1. The van der Waals surface area contributed by atoms with Crippen LogP contribution in [0.25, 0.3) is 0 Å². The van der Waals surface area contributed by atoms with Gasteiger partial charge in [0.15, 0.2) is 11.6 Å². The van der Waals surface area contributed by atoms with Gasteiger partial charge in [-0.25, -0.2) is 8.78 Å². The molecule has 1 atom stereocenters. The summed E-state index contributed by atoms with van der Waals surface area (Å²) in [6.45, 7) is 1.93. The highest BCUT2D eigenvalue weighted by Crippen LogP contribution is 2.08. The van der Waals surface area contributed by atoms with Gasteiger partial charge in [0.1, 0.15) is 6.04 Å². The zero-order valence-corrected chi connectivity index (χ0v) is 8.84. The van der Waals surface area contributed by atoms with Crippen molar-refractivity contribution in [2.24, 2.45) is 0 Å². The molecule has 0 aliphatic heterocycles. The van der Waals surface area contributed by atoms with Crippen LogP contribution in [0.1, 0.15) is 18.9 Å². The first-order valence-electron chi connectivity index (χ1n) is 4.94. The first-order valence-corrected chi connectivity index (χ1v) is 4.94. The summed E-state index contributed by atoms with van der Waals surface area (Å²) in [4.78, 5) is 10.7. The van der Waals surface area contributed by atoms with Crippen molar-refractivity contribution in [2.45, 2.75) is 25.9 Å². The standard InChI is InChI=1S/C11H13F2NO2/c1-2-10(11(15)16)14-6-7-3-4-8(12)9(13)5-7/h3-5,10,14H,2,6H2,1H3,(H,15,16). The molecule has 1 aromatic carbocycles. The third-order valence-electron chi connectivity index (χ3n) is 2.24. The Hall–Kier alpha value is -1.49. The molecule has 1 aromatic rings. The Morgan fingerprint density at radius 1 is 1.44 bits per heavy atom. The zero-order chi connectivity index (χ0) is 12.1. The minimum absolute atomic E-state index is 0.196. The van der Waals surface area contributed by atoms with Gasteiger partial charge in [0.25, 0.3) is 0 Å². The number of benzene rings is 1. The lowest BCUT2D eigenvalue weighted by Crippen LogP contribution is -2.35. The van der Waals surface area contributed by atoms with Gasteiger partial charge in [-0.3, -0.25) is 4.79 Å². The quantitative estimate of drug-likeness (QED) is 0.811. The van der Waals surface area contributed by atoms with E-state index in [2.05, 4.69) is 5.32 Å². The Morgan fingerprint density at radius 3 is 2.62 bits per heavy atom. The average molecular weight is 229 g/mol. The molecule has 1 rings (SSSR count). The van der Waals surface area contributed by atoms with E-state index in [1.807, 2.05) is 0 Å². The van der Waals surface area contributed by atoms with E-state index in [1.54, 1.807) is 6.92 Å². The molecule has 0 aliphatic rings. The van der Waals surface area contributed by atoms with Gasteiger partial charge in [-0.15, -0.1) is 0 Å². The molecule has 5 heteroatoms. The highest BCUT2D eigenvalue weighted by Gasteiger charge is 2.13. The maximum absolute atomic E-state index is 12.8. The van der Waals surface area contributed by atoms with E-state index in [4.69, 9.17) is 5.11 Å². The molecular weight excluding hydrogens is 216 g/mol. The van der Waals surface area contributed by atoms with Crippen molar-refractivity contribution >= 4 is 5.97 Å². The smallest absolute Gasteiger partial charge is 0.320 e. The summed E-state index contributed by atoms with van der Waals surface area (Å²) >= 11 is 0. The lowest BCUT2D eigenvalue weighted by Gasteiger charge is -2.12. The third kappa shape index (κ3) is 3.27. The van der Waals surface area contributed by atoms with E-state index in [-0.39, 0.29) is 6.54 Å². The molecule has 0 bridgehead atoms. The number of carbonyl (C=O) groups is 1. The van der Waals surface area contributed by atoms with Crippen molar-refractivity contribution in [1.29, 1.82) is 0 Å². The van der Waals surface area contributed by atoms with Crippen LogP contribution >= 0.6 is 0 Å². The van der Waals surface area contributed by atoms with E-state index < -0.39 is 23.6 Å². The highest BCUT2D eigenvalue weighted by molar-refractivity contribution is 5.73. The summed E-state index contributed by atoms with van der Waals surface area (Å²) in [7, 11) is 0. The van der Waals surface area contributed by atoms with Crippen molar-refractivity contribution in [3.05, 3.63) is 35.4 Å². The fraction of sp³-hybridized carbons (Fsp3) is 0.364. The van der Waals surface area contributed by atoms with Gasteiger partial charge < -0.3 is 10.4 Å². The highest BCUT2D eigenvalue weighted by atomic mass is 19.2. The first kappa shape index (κ1) is 12.6. The molecule has 3 nitrogen and oxygen atoms in total. The Balaban J connectivity index is 2.60. The van der Waals surface area contributed by atoms with Crippen molar-refractivity contribution in [3.8, 4) is 0 Å². The van der Waals surface area contributed by atoms with Crippen molar-refractivity contribution in [1.82, 2.24) is 5.32 Å². The number of hydrogen-bond donors (Lipinski definition) is 2. The summed E-state index contributed by atoms with van der Waals surface area (Å²) in [6, 6.07) is 2.82. The predicted octanol–water partition coefficient (Wildman–Crippen LogP) is 1.92. The minimum Gasteiger partial charge on any atom is -0.480 e. The van der Waals surface area contributed by atoms with Gasteiger partial charge >= 0.3 is 5.97 Å². The summed E-state index contributed by atoms with van der Waals surface area (Å²) in [5.41, 5.74) is 0.513. The molecular formula is C11H13F2NO2. The topological polar surface area (TPSA) is 49.3 Å². The second-order valence-electron chi connectivity index (χ2n) is 3.43. The normalized spacial score (nSPS) is 12.4. The molecule has 88 valence electrons. The summed E-state index contributed by atoms with van der Waals surface area (Å²) in [5.74, 6) is -2.79. The molecule has 0 heterocycles. The van der Waals surface area contributed by atoms with Crippen LogP contribution in [-0.4, -0.2) is 17.1 Å². The van der Waals surface area contributed by atoms with Crippen molar-refractivity contribution < 1.29 is 18.7 Å². The van der Waals surface area contributed by atoms with Crippen LogP contribution in [0.4, 0.5) is 8.78 Å². The molecule has 0 aromatic heterocycles. The minimum atomic E-state index is -0.954. The number of rotatable bonds is 5. The number of carboxylic acid groups (broad SMARTS) is 1. The van der Waals surface area contributed by atoms with Crippen LogP contribution in [-0.2, 0) is 11.3 Å². The number of aliphatic carboxylic acids is 1. The monoisotopic (exact) mass is 229 g/mol. The average Bonchev–Trinajstić information content (AvgIpc) is 2.23. The molecule has 0 saturated carbocycles. The van der Waals surface area contributed by atoms with Gasteiger partial charge in [-0.1, -0.05) is 13.0 Å². The zero-order valence-electron chi connectivity index (χ0n) is 8.84. The van der Waals surface area contributed by atoms with E-state index >= 15 is 0 Å². The Labute approximate surface area is 92.1 Å². The fourth-order valence-electron chi connectivity index (χ4n) is 1.30. The molecule has 0 radical (unpaired) electrons. The van der Waals surface area contributed by atoms with Crippen LogP contribution in [0, 0.1) is 11.6 Å². The van der Waals surface area contributed by atoms with Crippen LogP contribution in [0.3, 0.4) is 0 Å². The fourth-order valence-corrected chi connectivity index (χ4v) is 1.30. The van der Waals surface area contributed by atoms with Gasteiger partial charge in [0.05, 0.1) is 0 Å². The van der Waals surface area contributed by atoms with E-state index in [9.17, 15) is 13.6 Å². The molecule has 0 saturated heterocycles. The second-order valence-corrected chi connectivity index (χ2v) is 3.43. The summed E-state index contributed by atoms with van der Waals surface area (Å²) in [5, 5.41) is 11.5.